The topological polar surface area (TPSA) is 108 Å². The highest BCUT2D eigenvalue weighted by Gasteiger charge is 2.37. The van der Waals surface area contributed by atoms with E-state index in [1.54, 1.807) is 23.1 Å². The van der Waals surface area contributed by atoms with E-state index >= 15 is 0 Å². The fraction of sp³-hybridized carbons (Fsp3) is 0.261. The van der Waals surface area contributed by atoms with Crippen molar-refractivity contribution in [1.82, 2.24) is 30.0 Å². The first-order valence-electron chi connectivity index (χ1n) is 10.9. The third-order valence-corrected chi connectivity index (χ3v) is 5.66. The van der Waals surface area contributed by atoms with E-state index in [0.717, 1.165) is 6.07 Å². The standard InChI is InChI=1S/C23H19F3N6O4/c1-34-14-8-9-17(32-27-10-11-28-32)16(13-14)22(33)31-12-4-6-18(31)21-29-20(30-36-21)15-5-2-3-7-19(15)35-23(24,25)26/h2-3,5,7-11,13,18H,4,6,12H2,1H3/t18-/m0/s1. The molecule has 3 heterocycles. The molecule has 2 aromatic heterocycles. The summed E-state index contributed by atoms with van der Waals surface area (Å²) in [5.74, 6) is -0.272. The normalized spacial score (nSPS) is 15.8. The predicted molar refractivity (Wildman–Crippen MR) is 117 cm³/mol. The van der Waals surface area contributed by atoms with E-state index in [1.807, 2.05) is 0 Å². The van der Waals surface area contributed by atoms with Crippen LogP contribution in [-0.4, -0.2) is 56.0 Å². The zero-order chi connectivity index (χ0) is 25.3. The summed E-state index contributed by atoms with van der Waals surface area (Å²) in [7, 11) is 1.49. The Kier molecular flexibility index (Phi) is 6.04. The first-order valence-corrected chi connectivity index (χ1v) is 10.9. The third kappa shape index (κ3) is 4.59. The molecule has 0 spiro atoms. The Bertz CT molecular complexity index is 1370. The van der Waals surface area contributed by atoms with Gasteiger partial charge in [-0.2, -0.15) is 20.0 Å². The van der Waals surface area contributed by atoms with Crippen LogP contribution in [0.2, 0.25) is 0 Å². The second-order valence-corrected chi connectivity index (χ2v) is 7.86. The lowest BCUT2D eigenvalue weighted by atomic mass is 10.1. The van der Waals surface area contributed by atoms with Gasteiger partial charge in [0.05, 0.1) is 36.3 Å². The number of methoxy groups -OCH3 is 1. The molecule has 36 heavy (non-hydrogen) atoms. The zero-order valence-corrected chi connectivity index (χ0v) is 18.8. The Balaban J connectivity index is 1.46. The van der Waals surface area contributed by atoms with E-state index in [0.29, 0.717) is 36.4 Å². The Hall–Kier alpha value is -4.42. The summed E-state index contributed by atoms with van der Waals surface area (Å²) in [5, 5.41) is 12.1. The van der Waals surface area contributed by atoms with E-state index in [2.05, 4.69) is 25.1 Å². The second kappa shape index (κ2) is 9.32. The summed E-state index contributed by atoms with van der Waals surface area (Å²) in [5.41, 5.74) is 0.780. The van der Waals surface area contributed by atoms with Crippen LogP contribution in [0.1, 0.15) is 35.1 Å². The Morgan fingerprint density at radius 3 is 2.67 bits per heavy atom. The van der Waals surface area contributed by atoms with Crippen molar-refractivity contribution in [3.63, 3.8) is 0 Å². The van der Waals surface area contributed by atoms with Crippen LogP contribution in [-0.2, 0) is 0 Å². The number of aromatic nitrogens is 5. The number of ether oxygens (including phenoxy) is 2. The van der Waals surface area contributed by atoms with Gasteiger partial charge in [-0.25, -0.2) is 0 Å². The smallest absolute Gasteiger partial charge is 0.497 e. The molecule has 0 bridgehead atoms. The number of rotatable bonds is 6. The number of benzene rings is 2. The van der Waals surface area contributed by atoms with Crippen LogP contribution in [0.3, 0.4) is 0 Å². The quantitative estimate of drug-likeness (QED) is 0.388. The molecule has 186 valence electrons. The number of para-hydroxylation sites is 1. The average Bonchev–Trinajstić information content (AvgIpc) is 3.64. The Labute approximate surface area is 202 Å². The number of hydrogen-bond donors (Lipinski definition) is 0. The molecule has 0 saturated carbocycles. The number of alkyl halides is 3. The monoisotopic (exact) mass is 500 g/mol. The molecule has 0 N–H and O–H groups in total. The third-order valence-electron chi connectivity index (χ3n) is 5.66. The van der Waals surface area contributed by atoms with E-state index < -0.39 is 18.2 Å². The molecule has 1 aliphatic rings. The van der Waals surface area contributed by atoms with Crippen molar-refractivity contribution in [2.24, 2.45) is 0 Å². The number of halogens is 3. The van der Waals surface area contributed by atoms with Gasteiger partial charge in [0.1, 0.15) is 17.5 Å². The van der Waals surface area contributed by atoms with Gasteiger partial charge >= 0.3 is 6.36 Å². The summed E-state index contributed by atoms with van der Waals surface area (Å²) < 4.78 is 53.3. The highest BCUT2D eigenvalue weighted by molar-refractivity contribution is 5.98. The molecule has 0 radical (unpaired) electrons. The van der Waals surface area contributed by atoms with Gasteiger partial charge in [0, 0.05) is 6.54 Å². The molecule has 1 amide bonds. The van der Waals surface area contributed by atoms with Gasteiger partial charge in [0.25, 0.3) is 5.91 Å². The predicted octanol–water partition coefficient (Wildman–Crippen LogP) is 4.20. The fourth-order valence-electron chi connectivity index (χ4n) is 4.09. The highest BCUT2D eigenvalue weighted by atomic mass is 19.4. The lowest BCUT2D eigenvalue weighted by molar-refractivity contribution is -0.274. The summed E-state index contributed by atoms with van der Waals surface area (Å²) in [6.07, 6.45) is -0.682. The van der Waals surface area contributed by atoms with Gasteiger partial charge in [-0.3, -0.25) is 4.79 Å². The van der Waals surface area contributed by atoms with Crippen LogP contribution >= 0.6 is 0 Å². The number of carbonyl (C=O) groups is 1. The van der Waals surface area contributed by atoms with Gasteiger partial charge in [0.2, 0.25) is 11.7 Å². The van der Waals surface area contributed by atoms with E-state index in [1.165, 1.54) is 42.5 Å². The summed E-state index contributed by atoms with van der Waals surface area (Å²) in [6, 6.07) is 9.91. The first kappa shape index (κ1) is 23.3. The largest absolute Gasteiger partial charge is 0.573 e. The molecule has 4 aromatic rings. The van der Waals surface area contributed by atoms with Crippen LogP contribution in [0.5, 0.6) is 11.5 Å². The van der Waals surface area contributed by atoms with Gasteiger partial charge in [-0.05, 0) is 43.2 Å². The molecular formula is C23H19F3N6O4. The minimum absolute atomic E-state index is 0.0144. The Morgan fingerprint density at radius 1 is 1.14 bits per heavy atom. The molecule has 0 aliphatic carbocycles. The van der Waals surface area contributed by atoms with Crippen LogP contribution in [0.15, 0.2) is 59.4 Å². The van der Waals surface area contributed by atoms with Crippen molar-refractivity contribution in [1.29, 1.82) is 0 Å². The van der Waals surface area contributed by atoms with Crippen molar-refractivity contribution < 1.29 is 32.0 Å². The number of nitrogens with zero attached hydrogens (tertiary/aromatic N) is 6. The molecule has 1 atom stereocenters. The molecule has 13 heteroatoms. The molecular weight excluding hydrogens is 481 g/mol. The van der Waals surface area contributed by atoms with Crippen molar-refractivity contribution in [2.45, 2.75) is 25.2 Å². The van der Waals surface area contributed by atoms with Crippen LogP contribution < -0.4 is 9.47 Å². The van der Waals surface area contributed by atoms with Gasteiger partial charge < -0.3 is 18.9 Å². The van der Waals surface area contributed by atoms with Gasteiger partial charge in [0.15, 0.2) is 0 Å². The maximum absolute atomic E-state index is 13.7. The van der Waals surface area contributed by atoms with Gasteiger partial charge in [-0.1, -0.05) is 17.3 Å². The number of hydrogen-bond acceptors (Lipinski definition) is 8. The SMILES string of the molecule is COc1ccc(-n2nccn2)c(C(=O)N2CCC[C@H]2c2nc(-c3ccccc3OC(F)(F)F)no2)c1. The molecule has 0 unspecified atom stereocenters. The number of carbonyl (C=O) groups excluding carboxylic acids is 1. The van der Waals surface area contributed by atoms with E-state index in [9.17, 15) is 18.0 Å². The second-order valence-electron chi connectivity index (χ2n) is 7.86. The Morgan fingerprint density at radius 2 is 1.92 bits per heavy atom. The van der Waals surface area contributed by atoms with Crippen molar-refractivity contribution in [3.8, 4) is 28.6 Å². The maximum atomic E-state index is 13.7. The highest BCUT2D eigenvalue weighted by Crippen LogP contribution is 2.37. The van der Waals surface area contributed by atoms with Crippen molar-refractivity contribution in [2.75, 3.05) is 13.7 Å². The first-order chi connectivity index (χ1) is 17.3. The molecule has 1 saturated heterocycles. The lowest BCUT2D eigenvalue weighted by Gasteiger charge is -2.23. The molecule has 10 nitrogen and oxygen atoms in total. The minimum atomic E-state index is -4.88. The van der Waals surface area contributed by atoms with Crippen LogP contribution in [0.25, 0.3) is 17.1 Å². The molecule has 2 aromatic carbocycles. The summed E-state index contributed by atoms with van der Waals surface area (Å²) in [4.78, 5) is 20.9. The van der Waals surface area contributed by atoms with E-state index in [-0.39, 0.29) is 23.2 Å². The molecule has 5 rings (SSSR count). The van der Waals surface area contributed by atoms with Crippen LogP contribution in [0, 0.1) is 0 Å². The number of likely N-dealkylation sites (tertiary alicyclic amines) is 1. The zero-order valence-electron chi connectivity index (χ0n) is 18.8. The molecule has 1 aliphatic heterocycles. The maximum Gasteiger partial charge on any atom is 0.573 e. The van der Waals surface area contributed by atoms with E-state index in [4.69, 9.17) is 9.26 Å². The summed E-state index contributed by atoms with van der Waals surface area (Å²) in [6.45, 7) is 0.415. The average molecular weight is 500 g/mol. The van der Waals surface area contributed by atoms with Crippen molar-refractivity contribution >= 4 is 5.91 Å². The minimum Gasteiger partial charge on any atom is -0.497 e. The molecule has 1 fully saturated rings. The number of amides is 1. The van der Waals surface area contributed by atoms with Crippen LogP contribution in [0.4, 0.5) is 13.2 Å². The van der Waals surface area contributed by atoms with Gasteiger partial charge in [-0.15, -0.1) is 13.2 Å². The summed E-state index contributed by atoms with van der Waals surface area (Å²) >= 11 is 0. The lowest BCUT2D eigenvalue weighted by Crippen LogP contribution is -2.31. The fourth-order valence-corrected chi connectivity index (χ4v) is 4.09. The van der Waals surface area contributed by atoms with Crippen molar-refractivity contribution in [3.05, 3.63) is 66.3 Å².